The van der Waals surface area contributed by atoms with E-state index in [2.05, 4.69) is 0 Å². The Morgan fingerprint density at radius 2 is 1.67 bits per heavy atom. The molecule has 1 unspecified atom stereocenters. The van der Waals surface area contributed by atoms with Gasteiger partial charge in [-0.1, -0.05) is 36.4 Å². The van der Waals surface area contributed by atoms with Gasteiger partial charge in [0.2, 0.25) is 0 Å². The molecule has 0 bridgehead atoms. The predicted octanol–water partition coefficient (Wildman–Crippen LogP) is 4.04. The minimum atomic E-state index is -0.474. The first-order valence-corrected chi connectivity index (χ1v) is 6.77. The molecule has 0 saturated heterocycles. The van der Waals surface area contributed by atoms with E-state index in [0.717, 1.165) is 22.1 Å². The molecular formula is C18H16FNO. The third-order valence-electron chi connectivity index (χ3n) is 3.67. The molecule has 2 nitrogen and oxygen atoms in total. The Bertz CT molecular complexity index is 785. The second-order valence-corrected chi connectivity index (χ2v) is 4.97. The van der Waals surface area contributed by atoms with Crippen molar-refractivity contribution in [3.63, 3.8) is 0 Å². The molecule has 3 aromatic rings. The molecule has 0 aliphatic rings. The molecule has 3 heteroatoms. The summed E-state index contributed by atoms with van der Waals surface area (Å²) in [6.07, 6.45) is 0. The topological polar surface area (TPSA) is 35.2 Å². The van der Waals surface area contributed by atoms with E-state index in [1.165, 1.54) is 6.07 Å². The minimum Gasteiger partial charge on any atom is -0.497 e. The normalized spacial score (nSPS) is 12.3. The van der Waals surface area contributed by atoms with Crippen LogP contribution < -0.4 is 10.5 Å². The molecule has 106 valence electrons. The van der Waals surface area contributed by atoms with Crippen LogP contribution in [-0.4, -0.2) is 7.11 Å². The fraction of sp³-hybridized carbons (Fsp3) is 0.111. The number of benzene rings is 3. The van der Waals surface area contributed by atoms with E-state index in [-0.39, 0.29) is 5.82 Å². The van der Waals surface area contributed by atoms with Crippen LogP contribution in [0.15, 0.2) is 60.7 Å². The summed E-state index contributed by atoms with van der Waals surface area (Å²) < 4.78 is 19.1. The fourth-order valence-corrected chi connectivity index (χ4v) is 2.47. The third-order valence-corrected chi connectivity index (χ3v) is 3.67. The van der Waals surface area contributed by atoms with E-state index < -0.39 is 6.04 Å². The van der Waals surface area contributed by atoms with Crippen LogP contribution in [0.3, 0.4) is 0 Å². The van der Waals surface area contributed by atoms with Crippen LogP contribution >= 0.6 is 0 Å². The molecule has 0 amide bonds. The number of nitrogens with two attached hydrogens (primary N) is 1. The van der Waals surface area contributed by atoms with Gasteiger partial charge in [-0.05, 0) is 40.6 Å². The highest BCUT2D eigenvalue weighted by Gasteiger charge is 2.13. The number of fused-ring (bicyclic) bond motifs is 1. The Hall–Kier alpha value is -2.39. The molecule has 3 rings (SSSR count). The zero-order valence-electron chi connectivity index (χ0n) is 11.7. The van der Waals surface area contributed by atoms with Gasteiger partial charge >= 0.3 is 0 Å². The van der Waals surface area contributed by atoms with Crippen molar-refractivity contribution in [2.24, 2.45) is 5.73 Å². The molecule has 0 aromatic heterocycles. The summed E-state index contributed by atoms with van der Waals surface area (Å²) in [5.41, 5.74) is 7.59. The van der Waals surface area contributed by atoms with Crippen molar-refractivity contribution >= 4 is 10.8 Å². The van der Waals surface area contributed by atoms with Crippen LogP contribution in [0.1, 0.15) is 17.2 Å². The smallest absolute Gasteiger partial charge is 0.128 e. The van der Waals surface area contributed by atoms with Gasteiger partial charge in [-0.25, -0.2) is 4.39 Å². The van der Waals surface area contributed by atoms with Crippen molar-refractivity contribution in [2.45, 2.75) is 6.04 Å². The van der Waals surface area contributed by atoms with Crippen LogP contribution in [0.5, 0.6) is 5.75 Å². The van der Waals surface area contributed by atoms with Gasteiger partial charge in [-0.3, -0.25) is 0 Å². The van der Waals surface area contributed by atoms with Gasteiger partial charge in [-0.2, -0.15) is 0 Å². The monoisotopic (exact) mass is 281 g/mol. The number of methoxy groups -OCH3 is 1. The standard InChI is InChI=1S/C18H16FNO/c1-21-15-9-8-12-10-14(7-6-13(12)11-15)18(20)16-4-2-3-5-17(16)19/h2-11,18H,20H2,1H3. The average molecular weight is 281 g/mol. The van der Waals surface area contributed by atoms with Gasteiger partial charge < -0.3 is 10.5 Å². The molecule has 3 aromatic carbocycles. The summed E-state index contributed by atoms with van der Waals surface area (Å²) in [6, 6.07) is 17.9. The lowest BCUT2D eigenvalue weighted by Crippen LogP contribution is -2.13. The molecule has 2 N–H and O–H groups in total. The summed E-state index contributed by atoms with van der Waals surface area (Å²) in [6.45, 7) is 0. The van der Waals surface area contributed by atoms with Crippen molar-refractivity contribution in [1.82, 2.24) is 0 Å². The minimum absolute atomic E-state index is 0.278. The lowest BCUT2D eigenvalue weighted by molar-refractivity contribution is 0.415. The molecule has 21 heavy (non-hydrogen) atoms. The summed E-state index contributed by atoms with van der Waals surface area (Å²) in [5, 5.41) is 2.12. The van der Waals surface area contributed by atoms with E-state index in [9.17, 15) is 4.39 Å². The summed E-state index contributed by atoms with van der Waals surface area (Å²) in [7, 11) is 1.64. The molecule has 0 saturated carbocycles. The van der Waals surface area contributed by atoms with Gasteiger partial charge in [0.25, 0.3) is 0 Å². The van der Waals surface area contributed by atoms with Crippen LogP contribution in [0.2, 0.25) is 0 Å². The maximum absolute atomic E-state index is 13.8. The van der Waals surface area contributed by atoms with Crippen LogP contribution in [-0.2, 0) is 0 Å². The zero-order chi connectivity index (χ0) is 14.8. The van der Waals surface area contributed by atoms with E-state index in [1.54, 1.807) is 25.3 Å². The third kappa shape index (κ3) is 2.60. The highest BCUT2D eigenvalue weighted by Crippen LogP contribution is 2.27. The summed E-state index contributed by atoms with van der Waals surface area (Å²) in [4.78, 5) is 0. The highest BCUT2D eigenvalue weighted by molar-refractivity contribution is 5.84. The molecule has 0 aliphatic heterocycles. The first-order chi connectivity index (χ1) is 10.2. The molecular weight excluding hydrogens is 265 g/mol. The van der Waals surface area contributed by atoms with Crippen LogP contribution in [0.25, 0.3) is 10.8 Å². The molecule has 0 fully saturated rings. The predicted molar refractivity (Wildman–Crippen MR) is 82.9 cm³/mol. The molecule has 1 atom stereocenters. The van der Waals surface area contributed by atoms with Crippen molar-refractivity contribution in [2.75, 3.05) is 7.11 Å². The zero-order valence-corrected chi connectivity index (χ0v) is 11.7. The van der Waals surface area contributed by atoms with E-state index in [4.69, 9.17) is 10.5 Å². The van der Waals surface area contributed by atoms with Gasteiger partial charge in [0, 0.05) is 5.56 Å². The maximum Gasteiger partial charge on any atom is 0.128 e. The lowest BCUT2D eigenvalue weighted by Gasteiger charge is -2.14. The quantitative estimate of drug-likeness (QED) is 0.786. The number of halogens is 1. The van der Waals surface area contributed by atoms with Crippen molar-refractivity contribution in [3.8, 4) is 5.75 Å². The van der Waals surface area contributed by atoms with Gasteiger partial charge in [0.1, 0.15) is 11.6 Å². The number of ether oxygens (including phenoxy) is 1. The lowest BCUT2D eigenvalue weighted by atomic mass is 9.96. The average Bonchev–Trinajstić information content (AvgIpc) is 2.53. The second kappa shape index (κ2) is 5.54. The fourth-order valence-electron chi connectivity index (χ4n) is 2.47. The van der Waals surface area contributed by atoms with Gasteiger partial charge in [-0.15, -0.1) is 0 Å². The van der Waals surface area contributed by atoms with Crippen molar-refractivity contribution in [3.05, 3.63) is 77.6 Å². The van der Waals surface area contributed by atoms with Crippen molar-refractivity contribution < 1.29 is 9.13 Å². The highest BCUT2D eigenvalue weighted by atomic mass is 19.1. The Kier molecular flexibility index (Phi) is 3.59. The number of rotatable bonds is 3. The summed E-state index contributed by atoms with van der Waals surface area (Å²) in [5.74, 6) is 0.536. The Balaban J connectivity index is 2.03. The molecule has 0 aliphatic carbocycles. The van der Waals surface area contributed by atoms with E-state index in [1.807, 2.05) is 36.4 Å². The van der Waals surface area contributed by atoms with Crippen LogP contribution in [0.4, 0.5) is 4.39 Å². The largest absolute Gasteiger partial charge is 0.497 e. The van der Waals surface area contributed by atoms with Crippen LogP contribution in [0, 0.1) is 5.82 Å². The molecule has 0 spiro atoms. The first-order valence-electron chi connectivity index (χ1n) is 6.77. The molecule has 0 heterocycles. The van der Waals surface area contributed by atoms with Gasteiger partial charge in [0.15, 0.2) is 0 Å². The Morgan fingerprint density at radius 1 is 0.952 bits per heavy atom. The maximum atomic E-state index is 13.8. The van der Waals surface area contributed by atoms with Crippen molar-refractivity contribution in [1.29, 1.82) is 0 Å². The Morgan fingerprint density at radius 3 is 2.43 bits per heavy atom. The van der Waals surface area contributed by atoms with Gasteiger partial charge in [0.05, 0.1) is 13.2 Å². The SMILES string of the molecule is COc1ccc2cc(C(N)c3ccccc3F)ccc2c1. The van der Waals surface area contributed by atoms with E-state index >= 15 is 0 Å². The van der Waals surface area contributed by atoms with E-state index in [0.29, 0.717) is 5.56 Å². The summed E-state index contributed by atoms with van der Waals surface area (Å²) >= 11 is 0. The number of hydrogen-bond acceptors (Lipinski definition) is 2. The Labute approximate surface area is 123 Å². The number of hydrogen-bond donors (Lipinski definition) is 1. The molecule has 0 radical (unpaired) electrons. The second-order valence-electron chi connectivity index (χ2n) is 4.97. The first kappa shape index (κ1) is 13.6.